The summed E-state index contributed by atoms with van der Waals surface area (Å²) in [7, 11) is 0. The monoisotopic (exact) mass is 222 g/mol. The molecule has 0 bridgehead atoms. The number of nitrogens with zero attached hydrogens (tertiary/aromatic N) is 1. The van der Waals surface area contributed by atoms with E-state index in [1.54, 1.807) is 12.3 Å². The highest BCUT2D eigenvalue weighted by Gasteiger charge is 2.18. The number of hydrogen-bond acceptors (Lipinski definition) is 3. The zero-order valence-electron chi connectivity index (χ0n) is 9.90. The maximum atomic E-state index is 11.0. The molecule has 1 rings (SSSR count). The van der Waals surface area contributed by atoms with E-state index in [1.807, 2.05) is 26.8 Å². The van der Waals surface area contributed by atoms with E-state index < -0.39 is 12.0 Å². The number of hydrogen-bond donors (Lipinski definition) is 2. The Bertz CT molecular complexity index is 364. The Hall–Kier alpha value is -1.58. The Morgan fingerprint density at radius 3 is 2.75 bits per heavy atom. The number of carboxylic acids is 1. The highest BCUT2D eigenvalue weighted by molar-refractivity contribution is 5.77. The van der Waals surface area contributed by atoms with Crippen LogP contribution in [0.25, 0.3) is 0 Å². The summed E-state index contributed by atoms with van der Waals surface area (Å²) in [6.07, 6.45) is 2.28. The average molecular weight is 222 g/mol. The van der Waals surface area contributed by atoms with Gasteiger partial charge in [0.1, 0.15) is 6.04 Å². The van der Waals surface area contributed by atoms with Crippen molar-refractivity contribution >= 4 is 11.7 Å². The van der Waals surface area contributed by atoms with Crippen LogP contribution in [0.4, 0.5) is 5.69 Å². The summed E-state index contributed by atoms with van der Waals surface area (Å²) in [6, 6.07) is 3.08. The number of aliphatic carboxylic acids is 1. The number of carbonyl (C=O) groups is 1. The molecular formula is C12H18N2O2. The lowest BCUT2D eigenvalue weighted by atomic mass is 10.0. The number of anilines is 1. The largest absolute Gasteiger partial charge is 0.480 e. The maximum absolute atomic E-state index is 11.0. The number of rotatable bonds is 5. The lowest BCUT2D eigenvalue weighted by Gasteiger charge is -2.17. The second-order valence-electron chi connectivity index (χ2n) is 4.35. The molecular weight excluding hydrogens is 204 g/mol. The fraction of sp³-hybridized carbons (Fsp3) is 0.500. The Balaban J connectivity index is 2.71. The van der Waals surface area contributed by atoms with E-state index in [2.05, 4.69) is 10.3 Å². The molecule has 0 saturated carbocycles. The van der Waals surface area contributed by atoms with Crippen LogP contribution in [-0.2, 0) is 4.79 Å². The number of carboxylic acid groups (broad SMARTS) is 1. The molecule has 4 heteroatoms. The molecule has 88 valence electrons. The number of aromatic nitrogens is 1. The normalized spacial score (nSPS) is 12.5. The van der Waals surface area contributed by atoms with Gasteiger partial charge in [-0.25, -0.2) is 4.79 Å². The summed E-state index contributed by atoms with van der Waals surface area (Å²) in [5.41, 5.74) is 1.68. The Morgan fingerprint density at radius 1 is 1.56 bits per heavy atom. The Labute approximate surface area is 95.7 Å². The van der Waals surface area contributed by atoms with Gasteiger partial charge < -0.3 is 10.4 Å². The molecule has 0 amide bonds. The lowest BCUT2D eigenvalue weighted by Crippen LogP contribution is -2.30. The molecule has 0 saturated heterocycles. The molecule has 1 atom stereocenters. The van der Waals surface area contributed by atoms with Gasteiger partial charge >= 0.3 is 5.97 Å². The molecule has 0 radical (unpaired) electrons. The molecule has 0 aliphatic carbocycles. The number of nitrogens with one attached hydrogen (secondary N) is 1. The highest BCUT2D eigenvalue weighted by Crippen LogP contribution is 2.13. The summed E-state index contributed by atoms with van der Waals surface area (Å²) in [6.45, 7) is 5.90. The molecule has 1 heterocycles. The summed E-state index contributed by atoms with van der Waals surface area (Å²) in [5.74, 6) is -0.473. The molecule has 0 aliphatic heterocycles. The second kappa shape index (κ2) is 5.49. The fourth-order valence-electron chi connectivity index (χ4n) is 1.53. The van der Waals surface area contributed by atoms with Crippen molar-refractivity contribution in [1.29, 1.82) is 0 Å². The molecule has 16 heavy (non-hydrogen) atoms. The van der Waals surface area contributed by atoms with Crippen LogP contribution >= 0.6 is 0 Å². The van der Waals surface area contributed by atoms with Crippen molar-refractivity contribution in [2.24, 2.45) is 5.92 Å². The summed E-state index contributed by atoms with van der Waals surface area (Å²) < 4.78 is 0. The van der Waals surface area contributed by atoms with E-state index in [0.29, 0.717) is 12.3 Å². The zero-order valence-corrected chi connectivity index (χ0v) is 9.90. The quantitative estimate of drug-likeness (QED) is 0.802. The van der Waals surface area contributed by atoms with Crippen molar-refractivity contribution in [2.75, 3.05) is 5.32 Å². The van der Waals surface area contributed by atoms with Crippen LogP contribution in [0.5, 0.6) is 0 Å². The van der Waals surface area contributed by atoms with Gasteiger partial charge in [-0.1, -0.05) is 13.8 Å². The van der Waals surface area contributed by atoms with Gasteiger partial charge in [-0.05, 0) is 31.4 Å². The topological polar surface area (TPSA) is 62.2 Å². The third-order valence-electron chi connectivity index (χ3n) is 2.24. The van der Waals surface area contributed by atoms with E-state index in [0.717, 1.165) is 11.4 Å². The summed E-state index contributed by atoms with van der Waals surface area (Å²) >= 11 is 0. The minimum absolute atomic E-state index is 0.344. The second-order valence-corrected chi connectivity index (χ2v) is 4.35. The van der Waals surface area contributed by atoms with E-state index >= 15 is 0 Å². The number of aryl methyl sites for hydroxylation is 1. The average Bonchev–Trinajstić information content (AvgIpc) is 2.15. The van der Waals surface area contributed by atoms with Crippen LogP contribution < -0.4 is 5.32 Å². The molecule has 1 aromatic heterocycles. The lowest BCUT2D eigenvalue weighted by molar-refractivity contribution is -0.138. The molecule has 0 aromatic carbocycles. The van der Waals surface area contributed by atoms with Crippen molar-refractivity contribution in [2.45, 2.75) is 33.2 Å². The van der Waals surface area contributed by atoms with E-state index in [-0.39, 0.29) is 0 Å². The van der Waals surface area contributed by atoms with Gasteiger partial charge in [-0.2, -0.15) is 0 Å². The Kier molecular flexibility index (Phi) is 4.28. The van der Waals surface area contributed by atoms with E-state index in [9.17, 15) is 4.79 Å². The first kappa shape index (κ1) is 12.5. The molecule has 1 aromatic rings. The van der Waals surface area contributed by atoms with Crippen LogP contribution in [-0.4, -0.2) is 22.1 Å². The molecule has 2 N–H and O–H groups in total. The summed E-state index contributed by atoms with van der Waals surface area (Å²) in [5, 5.41) is 12.1. The van der Waals surface area contributed by atoms with Crippen molar-refractivity contribution in [3.8, 4) is 0 Å². The van der Waals surface area contributed by atoms with Crippen molar-refractivity contribution < 1.29 is 9.90 Å². The van der Waals surface area contributed by atoms with Gasteiger partial charge in [0.25, 0.3) is 0 Å². The van der Waals surface area contributed by atoms with Gasteiger partial charge in [0.15, 0.2) is 0 Å². The van der Waals surface area contributed by atoms with Gasteiger partial charge in [-0.15, -0.1) is 0 Å². The van der Waals surface area contributed by atoms with Crippen LogP contribution in [0.15, 0.2) is 18.3 Å². The molecule has 4 nitrogen and oxygen atoms in total. The smallest absolute Gasteiger partial charge is 0.326 e. The van der Waals surface area contributed by atoms with Gasteiger partial charge in [-0.3, -0.25) is 4.98 Å². The highest BCUT2D eigenvalue weighted by atomic mass is 16.4. The van der Waals surface area contributed by atoms with E-state index in [4.69, 9.17) is 5.11 Å². The van der Waals surface area contributed by atoms with Crippen molar-refractivity contribution in [1.82, 2.24) is 4.98 Å². The van der Waals surface area contributed by atoms with E-state index in [1.165, 1.54) is 0 Å². The van der Waals surface area contributed by atoms with Crippen LogP contribution in [0.2, 0.25) is 0 Å². The maximum Gasteiger partial charge on any atom is 0.326 e. The molecule has 0 aliphatic rings. The molecule has 1 unspecified atom stereocenters. The Morgan fingerprint density at radius 2 is 2.25 bits per heavy atom. The molecule has 0 spiro atoms. The predicted molar refractivity (Wildman–Crippen MR) is 63.5 cm³/mol. The number of pyridine rings is 1. The predicted octanol–water partition coefficient (Wildman–Crippen LogP) is 2.30. The first-order valence-corrected chi connectivity index (χ1v) is 5.41. The van der Waals surface area contributed by atoms with Gasteiger partial charge in [0, 0.05) is 17.6 Å². The standard InChI is InChI=1S/C12H18N2O2/c1-8(2)6-11(12(15)16)14-10-4-5-13-9(3)7-10/h4-5,7-8,11H,6H2,1-3H3,(H,13,14)(H,15,16). The first-order chi connectivity index (χ1) is 7.49. The van der Waals surface area contributed by atoms with Crippen LogP contribution in [0, 0.1) is 12.8 Å². The van der Waals surface area contributed by atoms with Gasteiger partial charge in [0.05, 0.1) is 0 Å². The van der Waals surface area contributed by atoms with Crippen LogP contribution in [0.1, 0.15) is 26.0 Å². The van der Waals surface area contributed by atoms with Crippen molar-refractivity contribution in [3.63, 3.8) is 0 Å². The zero-order chi connectivity index (χ0) is 12.1. The fourth-order valence-corrected chi connectivity index (χ4v) is 1.53. The minimum atomic E-state index is -0.817. The molecule has 0 fully saturated rings. The minimum Gasteiger partial charge on any atom is -0.480 e. The third-order valence-corrected chi connectivity index (χ3v) is 2.24. The third kappa shape index (κ3) is 3.88. The van der Waals surface area contributed by atoms with Crippen LogP contribution in [0.3, 0.4) is 0 Å². The summed E-state index contributed by atoms with van der Waals surface area (Å²) in [4.78, 5) is 15.1. The van der Waals surface area contributed by atoms with Crippen molar-refractivity contribution in [3.05, 3.63) is 24.0 Å². The van der Waals surface area contributed by atoms with Gasteiger partial charge in [0.2, 0.25) is 0 Å². The first-order valence-electron chi connectivity index (χ1n) is 5.41. The SMILES string of the molecule is Cc1cc(NC(CC(C)C)C(=O)O)ccn1.